The van der Waals surface area contributed by atoms with Crippen LogP contribution < -0.4 is 0 Å². The van der Waals surface area contributed by atoms with E-state index in [1.807, 2.05) is 0 Å². The molecule has 2 unspecified atom stereocenters. The number of aryl methyl sites for hydroxylation is 4. The fraction of sp³-hybridized carbons (Fsp3) is 0.429. The van der Waals surface area contributed by atoms with Gasteiger partial charge in [-0.3, -0.25) is 9.59 Å². The molecule has 1 fully saturated rings. The molecular weight excluding hydrogens is 368 g/mol. The zero-order chi connectivity index (χ0) is 22.4. The Labute approximate surface area is 180 Å². The summed E-state index contributed by atoms with van der Waals surface area (Å²) in [5, 5.41) is 2.54. The van der Waals surface area contributed by atoms with Crippen molar-refractivity contribution < 1.29 is 9.59 Å². The van der Waals surface area contributed by atoms with E-state index in [9.17, 15) is 9.59 Å². The molecule has 0 N–H and O–H groups in total. The summed E-state index contributed by atoms with van der Waals surface area (Å²) in [6.07, 6.45) is 0. The number of ketones is 2. The minimum Gasteiger partial charge on any atom is -0.290 e. The standard InChI is InChI=1S/C28H32O2/c1-11(2)19-20(12(3)4)26-24-18(10)22-16(8)14(6)13(5)15(7)21(22)17(9)23(24)25(19)27(29)28(26)30/h25-26H,1-10H3. The maximum atomic E-state index is 13.3. The first-order valence-corrected chi connectivity index (χ1v) is 10.9. The van der Waals surface area contributed by atoms with Crippen LogP contribution in [0, 0.1) is 41.5 Å². The van der Waals surface area contributed by atoms with Gasteiger partial charge in [0.05, 0.1) is 11.8 Å². The maximum Gasteiger partial charge on any atom is 0.211 e. The molecule has 0 aromatic heterocycles. The highest BCUT2D eigenvalue weighted by Gasteiger charge is 2.53. The van der Waals surface area contributed by atoms with Crippen LogP contribution in [0.1, 0.15) is 84.0 Å². The molecule has 156 valence electrons. The van der Waals surface area contributed by atoms with E-state index < -0.39 is 11.8 Å². The number of allylic oxidation sites excluding steroid dienone is 4. The molecule has 30 heavy (non-hydrogen) atoms. The molecule has 0 heterocycles. The third kappa shape index (κ3) is 2.31. The third-order valence-electron chi connectivity index (χ3n) is 7.83. The molecule has 2 aromatic rings. The predicted molar refractivity (Wildman–Crippen MR) is 125 cm³/mol. The fourth-order valence-corrected chi connectivity index (χ4v) is 6.19. The molecular formula is C28H32O2. The van der Waals surface area contributed by atoms with Crippen molar-refractivity contribution in [3.8, 4) is 0 Å². The number of fused-ring (bicyclic) bond motifs is 3. The van der Waals surface area contributed by atoms with Gasteiger partial charge in [0.1, 0.15) is 0 Å². The van der Waals surface area contributed by atoms with Crippen molar-refractivity contribution >= 4 is 22.3 Å². The van der Waals surface area contributed by atoms with Crippen LogP contribution in [0.2, 0.25) is 0 Å². The second-order valence-electron chi connectivity index (χ2n) is 9.75. The van der Waals surface area contributed by atoms with Crippen LogP contribution in [-0.4, -0.2) is 11.6 Å². The van der Waals surface area contributed by atoms with Gasteiger partial charge in [-0.2, -0.15) is 0 Å². The van der Waals surface area contributed by atoms with E-state index >= 15 is 0 Å². The van der Waals surface area contributed by atoms with Crippen LogP contribution in [0.4, 0.5) is 0 Å². The number of rotatable bonds is 0. The Morgan fingerprint density at radius 3 is 1.07 bits per heavy atom. The summed E-state index contributed by atoms with van der Waals surface area (Å²) in [7, 11) is 0. The van der Waals surface area contributed by atoms with Crippen molar-refractivity contribution in [3.63, 3.8) is 0 Å². The van der Waals surface area contributed by atoms with E-state index in [1.54, 1.807) is 0 Å². The number of Topliss-reactive ketones (excluding diaryl/α,β-unsaturated/α-hetero) is 2. The van der Waals surface area contributed by atoms with Gasteiger partial charge in [0.25, 0.3) is 0 Å². The molecule has 0 radical (unpaired) electrons. The summed E-state index contributed by atoms with van der Waals surface area (Å²) in [6, 6.07) is 0. The molecule has 1 saturated carbocycles. The second kappa shape index (κ2) is 6.51. The molecule has 2 atom stereocenters. The molecule has 2 aromatic carbocycles. The Morgan fingerprint density at radius 1 is 0.500 bits per heavy atom. The molecule has 0 aliphatic heterocycles. The van der Waals surface area contributed by atoms with Gasteiger partial charge in [0.15, 0.2) is 0 Å². The summed E-state index contributed by atoms with van der Waals surface area (Å²) in [5.41, 5.74) is 14.2. The normalized spacial score (nSPS) is 20.3. The lowest BCUT2D eigenvalue weighted by atomic mass is 9.56. The minimum absolute atomic E-state index is 0.228. The van der Waals surface area contributed by atoms with Crippen LogP contribution >= 0.6 is 0 Å². The SMILES string of the molecule is CC(C)=C1C(=C(C)C)C2C(=O)C(=O)C1c1c2c(C)c2c(C)c(C)c(C)c(C)c2c1C. The van der Waals surface area contributed by atoms with Crippen molar-refractivity contribution in [2.24, 2.45) is 0 Å². The molecule has 3 aliphatic rings. The van der Waals surface area contributed by atoms with Crippen molar-refractivity contribution in [1.82, 2.24) is 0 Å². The van der Waals surface area contributed by atoms with Crippen molar-refractivity contribution in [1.29, 1.82) is 0 Å². The molecule has 0 amide bonds. The minimum atomic E-state index is -0.461. The number of carbonyl (C=O) groups excluding carboxylic acids is 2. The third-order valence-corrected chi connectivity index (χ3v) is 7.83. The molecule has 3 aliphatic carbocycles. The van der Waals surface area contributed by atoms with Crippen molar-refractivity contribution in [2.45, 2.75) is 81.1 Å². The molecule has 2 bridgehead atoms. The number of carbonyl (C=O) groups is 2. The Bertz CT molecular complexity index is 1160. The molecule has 5 rings (SSSR count). The van der Waals surface area contributed by atoms with E-state index in [-0.39, 0.29) is 11.6 Å². The first-order valence-electron chi connectivity index (χ1n) is 10.9. The number of hydrogen-bond donors (Lipinski definition) is 0. The lowest BCUT2D eigenvalue weighted by Gasteiger charge is -2.44. The number of hydrogen-bond acceptors (Lipinski definition) is 2. The molecule has 2 heteroatoms. The summed E-state index contributed by atoms with van der Waals surface area (Å²) in [5.74, 6) is -1.38. The average Bonchev–Trinajstić information content (AvgIpc) is 2.68. The first kappa shape index (κ1) is 20.8. The lowest BCUT2D eigenvalue weighted by Crippen LogP contribution is -2.43. The monoisotopic (exact) mass is 400 g/mol. The van der Waals surface area contributed by atoms with Crippen molar-refractivity contribution in [2.75, 3.05) is 0 Å². The largest absolute Gasteiger partial charge is 0.290 e. The smallest absolute Gasteiger partial charge is 0.211 e. The Kier molecular flexibility index (Phi) is 4.51. The summed E-state index contributed by atoms with van der Waals surface area (Å²) in [4.78, 5) is 26.6. The zero-order valence-electron chi connectivity index (χ0n) is 20.0. The van der Waals surface area contributed by atoms with E-state index in [4.69, 9.17) is 0 Å². The highest BCUT2D eigenvalue weighted by molar-refractivity contribution is 6.46. The summed E-state index contributed by atoms with van der Waals surface area (Å²) >= 11 is 0. The lowest BCUT2D eigenvalue weighted by molar-refractivity contribution is -0.138. The maximum absolute atomic E-state index is 13.3. The Balaban J connectivity index is 2.32. The van der Waals surface area contributed by atoms with Crippen LogP contribution in [0.5, 0.6) is 0 Å². The molecule has 0 saturated heterocycles. The highest BCUT2D eigenvalue weighted by Crippen LogP contribution is 2.57. The van der Waals surface area contributed by atoms with Crippen LogP contribution in [-0.2, 0) is 9.59 Å². The van der Waals surface area contributed by atoms with E-state index in [0.717, 1.165) is 33.4 Å². The van der Waals surface area contributed by atoms with Gasteiger partial charge in [-0.25, -0.2) is 0 Å². The molecule has 2 nitrogen and oxygen atoms in total. The second-order valence-corrected chi connectivity index (χ2v) is 9.75. The van der Waals surface area contributed by atoms with E-state index in [0.29, 0.717) is 0 Å². The van der Waals surface area contributed by atoms with Gasteiger partial charge in [-0.05, 0) is 136 Å². The van der Waals surface area contributed by atoms with Gasteiger partial charge in [0, 0.05) is 0 Å². The van der Waals surface area contributed by atoms with Gasteiger partial charge in [0.2, 0.25) is 11.6 Å². The van der Waals surface area contributed by atoms with Gasteiger partial charge < -0.3 is 0 Å². The van der Waals surface area contributed by atoms with Gasteiger partial charge in [-0.15, -0.1) is 0 Å². The van der Waals surface area contributed by atoms with Crippen LogP contribution in [0.25, 0.3) is 10.8 Å². The number of benzene rings is 2. The zero-order valence-corrected chi connectivity index (χ0v) is 20.0. The van der Waals surface area contributed by atoms with Crippen LogP contribution in [0.15, 0.2) is 22.3 Å². The fourth-order valence-electron chi connectivity index (χ4n) is 6.19. The van der Waals surface area contributed by atoms with E-state index in [1.165, 1.54) is 44.2 Å². The Hall–Kier alpha value is -2.48. The summed E-state index contributed by atoms with van der Waals surface area (Å²) in [6.45, 7) is 21.4. The topological polar surface area (TPSA) is 34.1 Å². The molecule has 0 spiro atoms. The van der Waals surface area contributed by atoms with Crippen molar-refractivity contribution in [3.05, 3.63) is 66.8 Å². The van der Waals surface area contributed by atoms with E-state index in [2.05, 4.69) is 69.2 Å². The predicted octanol–water partition coefficient (Wildman–Crippen LogP) is 6.70. The summed E-state index contributed by atoms with van der Waals surface area (Å²) < 4.78 is 0. The first-order chi connectivity index (χ1) is 13.9. The quantitative estimate of drug-likeness (QED) is 0.461. The average molecular weight is 401 g/mol. The van der Waals surface area contributed by atoms with Gasteiger partial charge >= 0.3 is 0 Å². The Morgan fingerprint density at radius 2 is 0.800 bits per heavy atom. The van der Waals surface area contributed by atoms with Crippen LogP contribution in [0.3, 0.4) is 0 Å². The highest BCUT2D eigenvalue weighted by atomic mass is 16.2. The van der Waals surface area contributed by atoms with Gasteiger partial charge in [-0.1, -0.05) is 11.1 Å².